The van der Waals surface area contributed by atoms with Crippen LogP contribution in [0, 0.1) is 0 Å². The molecule has 0 aliphatic rings. The van der Waals surface area contributed by atoms with E-state index in [2.05, 4.69) is 23.8 Å². The second-order valence-electron chi connectivity index (χ2n) is 4.47. The Kier molecular flexibility index (Phi) is 13.3. The molecule has 0 amide bonds. The Morgan fingerprint density at radius 3 is 1.39 bits per heavy atom. The fraction of sp³-hybridized carbons (Fsp3) is 0.857. The summed E-state index contributed by atoms with van der Waals surface area (Å²) in [5.74, 6) is 0. The third kappa shape index (κ3) is 11.0. The molecule has 0 rings (SSSR count). The van der Waals surface area contributed by atoms with Crippen LogP contribution in [-0.4, -0.2) is 23.4 Å². The fourth-order valence-corrected chi connectivity index (χ4v) is 1.85. The molecule has 0 aromatic carbocycles. The van der Waals surface area contributed by atoms with Gasteiger partial charge in [0.2, 0.25) is 0 Å². The lowest BCUT2D eigenvalue weighted by atomic mass is 10.2. The summed E-state index contributed by atoms with van der Waals surface area (Å²) in [4.78, 5) is 8.46. The molecule has 0 atom stereocenters. The molecular formula is C14H26Cl2N2. The van der Waals surface area contributed by atoms with Crippen molar-refractivity contribution in [1.29, 1.82) is 0 Å². The first-order valence-electron chi connectivity index (χ1n) is 7.12. The standard InChI is InChI=1S/C14H26Cl2N2/c1-3-5-7-9-11-17-13(15)14(16)18-12-10-8-6-4-2/h3-12H2,1-2H3. The van der Waals surface area contributed by atoms with Gasteiger partial charge in [-0.15, -0.1) is 0 Å². The summed E-state index contributed by atoms with van der Waals surface area (Å²) in [5.41, 5.74) is 0. The molecule has 0 unspecified atom stereocenters. The molecule has 2 nitrogen and oxygen atoms in total. The zero-order valence-corrected chi connectivity index (χ0v) is 13.2. The van der Waals surface area contributed by atoms with Crippen molar-refractivity contribution in [3.8, 4) is 0 Å². The first kappa shape index (κ1) is 17.9. The van der Waals surface area contributed by atoms with Gasteiger partial charge < -0.3 is 0 Å². The summed E-state index contributed by atoms with van der Waals surface area (Å²) in [6.07, 6.45) is 9.54. The highest BCUT2D eigenvalue weighted by atomic mass is 35.5. The maximum Gasteiger partial charge on any atom is 0.160 e. The minimum absolute atomic E-state index is 0.364. The molecule has 0 radical (unpaired) electrons. The van der Waals surface area contributed by atoms with E-state index in [1.165, 1.54) is 38.5 Å². The molecule has 0 fully saturated rings. The van der Waals surface area contributed by atoms with Gasteiger partial charge in [0.05, 0.1) is 0 Å². The maximum atomic E-state index is 5.97. The summed E-state index contributed by atoms with van der Waals surface area (Å²) < 4.78 is 0. The monoisotopic (exact) mass is 292 g/mol. The number of rotatable bonds is 11. The van der Waals surface area contributed by atoms with Crippen LogP contribution in [0.25, 0.3) is 0 Å². The molecule has 0 saturated heterocycles. The number of nitrogens with zero attached hydrogens (tertiary/aromatic N) is 2. The third-order valence-electron chi connectivity index (χ3n) is 2.69. The molecule has 0 bridgehead atoms. The lowest BCUT2D eigenvalue weighted by molar-refractivity contribution is 0.675. The van der Waals surface area contributed by atoms with E-state index < -0.39 is 0 Å². The number of hydrogen-bond donors (Lipinski definition) is 0. The van der Waals surface area contributed by atoms with Crippen LogP contribution in [0.3, 0.4) is 0 Å². The van der Waals surface area contributed by atoms with E-state index in [1.54, 1.807) is 0 Å². The van der Waals surface area contributed by atoms with Crippen LogP contribution in [0.15, 0.2) is 9.98 Å². The SMILES string of the molecule is CCCCCCN=C(Cl)C(Cl)=NCCCCCC. The van der Waals surface area contributed by atoms with Crippen LogP contribution in [0.5, 0.6) is 0 Å². The minimum Gasteiger partial charge on any atom is -0.271 e. The van der Waals surface area contributed by atoms with Crippen molar-refractivity contribution in [2.45, 2.75) is 65.2 Å². The van der Waals surface area contributed by atoms with E-state index in [4.69, 9.17) is 23.2 Å². The molecule has 0 aliphatic heterocycles. The Balaban J connectivity index is 3.74. The second kappa shape index (κ2) is 13.4. The minimum atomic E-state index is 0.364. The molecule has 106 valence electrons. The highest BCUT2D eigenvalue weighted by Crippen LogP contribution is 2.04. The van der Waals surface area contributed by atoms with E-state index in [0.717, 1.165) is 25.9 Å². The molecule has 0 aromatic rings. The first-order chi connectivity index (χ1) is 8.72. The Morgan fingerprint density at radius 2 is 1.06 bits per heavy atom. The predicted octanol–water partition coefficient (Wildman–Crippen LogP) is 5.42. The molecule has 0 aromatic heterocycles. The van der Waals surface area contributed by atoms with Crippen molar-refractivity contribution in [3.05, 3.63) is 0 Å². The van der Waals surface area contributed by atoms with E-state index in [-0.39, 0.29) is 0 Å². The van der Waals surface area contributed by atoms with E-state index in [0.29, 0.717) is 10.3 Å². The van der Waals surface area contributed by atoms with Gasteiger partial charge in [-0.25, -0.2) is 0 Å². The summed E-state index contributed by atoms with van der Waals surface area (Å²) in [5, 5.41) is 0.729. The highest BCUT2D eigenvalue weighted by Gasteiger charge is 2.01. The van der Waals surface area contributed by atoms with Gasteiger partial charge in [0.1, 0.15) is 0 Å². The summed E-state index contributed by atoms with van der Waals surface area (Å²) in [7, 11) is 0. The van der Waals surface area contributed by atoms with Crippen LogP contribution < -0.4 is 0 Å². The van der Waals surface area contributed by atoms with Gasteiger partial charge in [0, 0.05) is 13.1 Å². The van der Waals surface area contributed by atoms with Crippen molar-refractivity contribution in [3.63, 3.8) is 0 Å². The number of unbranched alkanes of at least 4 members (excludes halogenated alkanes) is 6. The summed E-state index contributed by atoms with van der Waals surface area (Å²) in [6.45, 7) is 5.89. The fourth-order valence-electron chi connectivity index (χ4n) is 1.56. The zero-order chi connectivity index (χ0) is 13.6. The van der Waals surface area contributed by atoms with Gasteiger partial charge in [0.25, 0.3) is 0 Å². The average Bonchev–Trinajstić information content (AvgIpc) is 2.37. The lowest BCUT2D eigenvalue weighted by Crippen LogP contribution is -2.02. The van der Waals surface area contributed by atoms with Gasteiger partial charge >= 0.3 is 0 Å². The van der Waals surface area contributed by atoms with Gasteiger partial charge in [-0.05, 0) is 12.8 Å². The molecule has 0 saturated carbocycles. The van der Waals surface area contributed by atoms with Gasteiger partial charge in [-0.2, -0.15) is 0 Å². The molecule has 0 N–H and O–H groups in total. The summed E-state index contributed by atoms with van der Waals surface area (Å²) in [6, 6.07) is 0. The topological polar surface area (TPSA) is 24.7 Å². The van der Waals surface area contributed by atoms with Crippen LogP contribution >= 0.6 is 23.2 Å². The third-order valence-corrected chi connectivity index (χ3v) is 3.39. The number of aliphatic imine (C=N–C) groups is 2. The Morgan fingerprint density at radius 1 is 0.667 bits per heavy atom. The van der Waals surface area contributed by atoms with E-state index in [1.807, 2.05) is 0 Å². The Bertz CT molecular complexity index is 224. The smallest absolute Gasteiger partial charge is 0.160 e. The first-order valence-corrected chi connectivity index (χ1v) is 7.88. The van der Waals surface area contributed by atoms with Crippen LogP contribution in [0.1, 0.15) is 65.2 Å². The zero-order valence-electron chi connectivity index (χ0n) is 11.7. The highest BCUT2D eigenvalue weighted by molar-refractivity contribution is 7.00. The van der Waals surface area contributed by atoms with Crippen molar-refractivity contribution in [2.24, 2.45) is 9.98 Å². The quantitative estimate of drug-likeness (QED) is 0.359. The van der Waals surface area contributed by atoms with E-state index in [9.17, 15) is 0 Å². The van der Waals surface area contributed by atoms with Crippen molar-refractivity contribution in [1.82, 2.24) is 0 Å². The maximum absolute atomic E-state index is 5.97. The lowest BCUT2D eigenvalue weighted by Gasteiger charge is -1.99. The van der Waals surface area contributed by atoms with Gasteiger partial charge in [0.15, 0.2) is 10.3 Å². The number of hydrogen-bond acceptors (Lipinski definition) is 2. The molecule has 18 heavy (non-hydrogen) atoms. The molecule has 0 aliphatic carbocycles. The van der Waals surface area contributed by atoms with Gasteiger partial charge in [-0.3, -0.25) is 9.98 Å². The Labute approximate surface area is 122 Å². The van der Waals surface area contributed by atoms with Crippen molar-refractivity contribution in [2.75, 3.05) is 13.1 Å². The average molecular weight is 293 g/mol. The molecular weight excluding hydrogens is 267 g/mol. The second-order valence-corrected chi connectivity index (χ2v) is 5.18. The Hall–Kier alpha value is -0.0800. The van der Waals surface area contributed by atoms with Crippen molar-refractivity contribution >= 4 is 33.5 Å². The van der Waals surface area contributed by atoms with Crippen LogP contribution in [0.2, 0.25) is 0 Å². The van der Waals surface area contributed by atoms with Crippen LogP contribution in [-0.2, 0) is 0 Å². The normalized spacial score (nSPS) is 13.1. The van der Waals surface area contributed by atoms with Gasteiger partial charge in [-0.1, -0.05) is 75.6 Å². The van der Waals surface area contributed by atoms with Crippen molar-refractivity contribution < 1.29 is 0 Å². The van der Waals surface area contributed by atoms with Crippen LogP contribution in [0.4, 0.5) is 0 Å². The molecule has 0 spiro atoms. The molecule has 0 heterocycles. The van der Waals surface area contributed by atoms with E-state index >= 15 is 0 Å². The predicted molar refractivity (Wildman–Crippen MR) is 84.6 cm³/mol. The summed E-state index contributed by atoms with van der Waals surface area (Å²) >= 11 is 11.9. The molecule has 4 heteroatoms. The largest absolute Gasteiger partial charge is 0.271 e. The number of halogens is 2.